The maximum absolute atomic E-state index is 11.0. The van der Waals surface area contributed by atoms with E-state index in [1.165, 1.54) is 0 Å². The van der Waals surface area contributed by atoms with E-state index in [1.54, 1.807) is 0 Å². The van der Waals surface area contributed by atoms with Crippen molar-refractivity contribution < 1.29 is 9.90 Å². The Morgan fingerprint density at radius 1 is 1.50 bits per heavy atom. The lowest BCUT2D eigenvalue weighted by atomic mass is 9.97. The molecule has 1 heterocycles. The lowest BCUT2D eigenvalue weighted by Gasteiger charge is -2.37. The van der Waals surface area contributed by atoms with E-state index in [1.807, 2.05) is 0 Å². The molecule has 1 aliphatic heterocycles. The first-order chi connectivity index (χ1) is 6.70. The maximum atomic E-state index is 11.0. The van der Waals surface area contributed by atoms with E-state index in [0.29, 0.717) is 0 Å². The van der Waals surface area contributed by atoms with Gasteiger partial charge in [0.05, 0.1) is 0 Å². The number of nitrogens with zero attached hydrogens (tertiary/aromatic N) is 1. The summed E-state index contributed by atoms with van der Waals surface area (Å²) < 4.78 is 0. The quantitative estimate of drug-likeness (QED) is 0.695. The van der Waals surface area contributed by atoms with Crippen molar-refractivity contribution in [2.45, 2.75) is 38.8 Å². The van der Waals surface area contributed by atoms with Gasteiger partial charge in [0.2, 0.25) is 0 Å². The van der Waals surface area contributed by atoms with Gasteiger partial charge in [-0.2, -0.15) is 0 Å². The van der Waals surface area contributed by atoms with Crippen LogP contribution in [0.2, 0.25) is 0 Å². The summed E-state index contributed by atoms with van der Waals surface area (Å²) in [5.74, 6) is -0.721. The van der Waals surface area contributed by atoms with Gasteiger partial charge in [0, 0.05) is 6.04 Å². The molecule has 0 saturated carbocycles. The molecule has 0 amide bonds. The summed E-state index contributed by atoms with van der Waals surface area (Å²) in [5.41, 5.74) is 0. The molecule has 1 saturated heterocycles. The molecule has 1 fully saturated rings. The Labute approximate surface area is 85.3 Å². The van der Waals surface area contributed by atoms with Crippen molar-refractivity contribution in [3.63, 3.8) is 0 Å². The molecule has 4 heteroatoms. The molecule has 2 atom stereocenters. The number of hydrogen-bond acceptors (Lipinski definition) is 3. The minimum Gasteiger partial charge on any atom is -0.480 e. The second-order valence-corrected chi connectivity index (χ2v) is 3.70. The normalized spacial score (nSPS) is 27.9. The van der Waals surface area contributed by atoms with Crippen LogP contribution in [0.4, 0.5) is 0 Å². The fraction of sp³-hybridized carbons (Fsp3) is 0.900. The Hall–Kier alpha value is -0.610. The molecule has 1 aliphatic rings. The summed E-state index contributed by atoms with van der Waals surface area (Å²) in [6.45, 7) is 6.84. The van der Waals surface area contributed by atoms with Crippen molar-refractivity contribution in [1.29, 1.82) is 0 Å². The van der Waals surface area contributed by atoms with Crippen molar-refractivity contribution in [1.82, 2.24) is 10.2 Å². The van der Waals surface area contributed by atoms with Crippen LogP contribution < -0.4 is 5.32 Å². The first-order valence-electron chi connectivity index (χ1n) is 5.41. The number of carbonyl (C=O) groups is 1. The van der Waals surface area contributed by atoms with Gasteiger partial charge in [0.1, 0.15) is 6.04 Å². The van der Waals surface area contributed by atoms with Crippen LogP contribution in [-0.2, 0) is 4.79 Å². The summed E-state index contributed by atoms with van der Waals surface area (Å²) in [6, 6.07) is -0.222. The Morgan fingerprint density at radius 3 is 2.64 bits per heavy atom. The zero-order chi connectivity index (χ0) is 10.6. The largest absolute Gasteiger partial charge is 0.480 e. The van der Waals surface area contributed by atoms with E-state index in [4.69, 9.17) is 5.11 Å². The monoisotopic (exact) mass is 200 g/mol. The molecule has 0 spiro atoms. The predicted octanol–water partition coefficient (Wildman–Crippen LogP) is 0.533. The topological polar surface area (TPSA) is 52.6 Å². The number of hydrogen-bond donors (Lipinski definition) is 2. The summed E-state index contributed by atoms with van der Waals surface area (Å²) in [7, 11) is 0. The van der Waals surface area contributed by atoms with Crippen LogP contribution in [0.15, 0.2) is 0 Å². The Balaban J connectivity index is 2.65. The molecule has 2 N–H and O–H groups in total. The number of nitrogens with one attached hydrogen (secondary N) is 1. The van der Waals surface area contributed by atoms with Crippen molar-refractivity contribution in [2.24, 2.45) is 0 Å². The molecule has 14 heavy (non-hydrogen) atoms. The number of carboxylic acid groups (broad SMARTS) is 1. The van der Waals surface area contributed by atoms with Gasteiger partial charge in [-0.3, -0.25) is 9.69 Å². The van der Waals surface area contributed by atoms with Crippen LogP contribution in [-0.4, -0.2) is 47.7 Å². The predicted molar refractivity (Wildman–Crippen MR) is 55.4 cm³/mol. The molecule has 0 bridgehead atoms. The van der Waals surface area contributed by atoms with Crippen LogP contribution in [0.1, 0.15) is 26.7 Å². The highest BCUT2D eigenvalue weighted by Crippen LogP contribution is 2.15. The van der Waals surface area contributed by atoms with Crippen LogP contribution in [0.3, 0.4) is 0 Å². The highest BCUT2D eigenvalue weighted by Gasteiger charge is 2.33. The minimum absolute atomic E-state index is 0.163. The molecular weight excluding hydrogens is 180 g/mol. The van der Waals surface area contributed by atoms with Gasteiger partial charge in [-0.05, 0) is 32.5 Å². The molecule has 0 radical (unpaired) electrons. The van der Waals surface area contributed by atoms with Gasteiger partial charge < -0.3 is 10.4 Å². The van der Waals surface area contributed by atoms with Gasteiger partial charge >= 0.3 is 5.97 Å². The number of piperidine rings is 1. The number of rotatable bonds is 4. The van der Waals surface area contributed by atoms with E-state index in [9.17, 15) is 4.79 Å². The van der Waals surface area contributed by atoms with Gasteiger partial charge in [-0.1, -0.05) is 13.8 Å². The summed E-state index contributed by atoms with van der Waals surface area (Å²) in [6.07, 6.45) is 2.07. The van der Waals surface area contributed by atoms with Crippen molar-refractivity contribution in [3.8, 4) is 0 Å². The number of aliphatic carboxylic acids is 1. The second kappa shape index (κ2) is 5.32. The fourth-order valence-electron chi connectivity index (χ4n) is 2.21. The zero-order valence-corrected chi connectivity index (χ0v) is 8.99. The number of likely N-dealkylation sites (N-methyl/N-ethyl adjacent to an activating group) is 1. The average molecular weight is 200 g/mol. The molecule has 0 aromatic heterocycles. The fourth-order valence-corrected chi connectivity index (χ4v) is 2.21. The van der Waals surface area contributed by atoms with Gasteiger partial charge in [-0.25, -0.2) is 0 Å². The third-order valence-corrected chi connectivity index (χ3v) is 2.97. The van der Waals surface area contributed by atoms with Crippen LogP contribution in [0.25, 0.3) is 0 Å². The first kappa shape index (κ1) is 11.5. The Bertz CT molecular complexity index is 193. The third kappa shape index (κ3) is 2.45. The van der Waals surface area contributed by atoms with Crippen molar-refractivity contribution in [2.75, 3.05) is 19.6 Å². The van der Waals surface area contributed by atoms with E-state index in [0.717, 1.165) is 32.5 Å². The Kier molecular flexibility index (Phi) is 4.35. The molecule has 0 aromatic rings. The molecule has 4 nitrogen and oxygen atoms in total. The number of carboxylic acids is 1. The molecule has 1 rings (SSSR count). The zero-order valence-electron chi connectivity index (χ0n) is 8.99. The highest BCUT2D eigenvalue weighted by atomic mass is 16.4. The SMILES string of the molecule is CCN(CC)C1CCCNC1C(=O)O. The maximum Gasteiger partial charge on any atom is 0.322 e. The molecule has 82 valence electrons. The van der Waals surface area contributed by atoms with Crippen molar-refractivity contribution >= 4 is 5.97 Å². The van der Waals surface area contributed by atoms with E-state index >= 15 is 0 Å². The first-order valence-corrected chi connectivity index (χ1v) is 5.41. The molecule has 0 aliphatic carbocycles. The Morgan fingerprint density at radius 2 is 2.14 bits per heavy atom. The smallest absolute Gasteiger partial charge is 0.322 e. The van der Waals surface area contributed by atoms with E-state index in [2.05, 4.69) is 24.1 Å². The second-order valence-electron chi connectivity index (χ2n) is 3.70. The summed E-state index contributed by atoms with van der Waals surface area (Å²) in [4.78, 5) is 13.2. The molecule has 2 unspecified atom stereocenters. The van der Waals surface area contributed by atoms with Crippen LogP contribution in [0, 0.1) is 0 Å². The van der Waals surface area contributed by atoms with E-state index in [-0.39, 0.29) is 12.1 Å². The average Bonchev–Trinajstić information content (AvgIpc) is 2.20. The van der Waals surface area contributed by atoms with Gasteiger partial charge in [-0.15, -0.1) is 0 Å². The van der Waals surface area contributed by atoms with Gasteiger partial charge in [0.15, 0.2) is 0 Å². The molecule has 0 aromatic carbocycles. The highest BCUT2D eigenvalue weighted by molar-refractivity contribution is 5.74. The summed E-state index contributed by atoms with van der Waals surface area (Å²) in [5, 5.41) is 12.1. The summed E-state index contributed by atoms with van der Waals surface area (Å²) >= 11 is 0. The standard InChI is InChI=1S/C10H20N2O2/c1-3-12(4-2)8-6-5-7-11-9(8)10(13)14/h8-9,11H,3-7H2,1-2H3,(H,13,14). The third-order valence-electron chi connectivity index (χ3n) is 2.97. The molecular formula is C10H20N2O2. The van der Waals surface area contributed by atoms with Crippen molar-refractivity contribution in [3.05, 3.63) is 0 Å². The van der Waals surface area contributed by atoms with Crippen LogP contribution in [0.5, 0.6) is 0 Å². The van der Waals surface area contributed by atoms with E-state index < -0.39 is 5.97 Å². The lowest BCUT2D eigenvalue weighted by Crippen LogP contribution is -2.57. The van der Waals surface area contributed by atoms with Gasteiger partial charge in [0.25, 0.3) is 0 Å². The van der Waals surface area contributed by atoms with Crippen LogP contribution >= 0.6 is 0 Å². The lowest BCUT2D eigenvalue weighted by molar-refractivity contribution is -0.142. The minimum atomic E-state index is -0.721.